The lowest BCUT2D eigenvalue weighted by atomic mass is 10.2. The van der Waals surface area contributed by atoms with E-state index in [9.17, 15) is 17.6 Å². The SMILES string of the molecule is Cc1ccc(S(=O)(=O)N(CC(=O)NCCOc2ccc(F)cc2)c2cc(Cl)cc(Cl)c2)cc1. The summed E-state index contributed by atoms with van der Waals surface area (Å²) < 4.78 is 46.0. The highest BCUT2D eigenvalue weighted by Crippen LogP contribution is 2.29. The Balaban J connectivity index is 1.74. The molecule has 174 valence electrons. The maximum atomic E-state index is 13.3. The molecule has 0 spiro atoms. The minimum Gasteiger partial charge on any atom is -0.492 e. The van der Waals surface area contributed by atoms with E-state index in [1.165, 1.54) is 54.6 Å². The first-order valence-electron chi connectivity index (χ1n) is 9.86. The predicted octanol–water partition coefficient (Wildman–Crippen LogP) is 4.83. The van der Waals surface area contributed by atoms with Gasteiger partial charge in [0.1, 0.15) is 24.7 Å². The van der Waals surface area contributed by atoms with Crippen molar-refractivity contribution in [2.45, 2.75) is 11.8 Å². The van der Waals surface area contributed by atoms with Crippen LogP contribution in [0.15, 0.2) is 71.6 Å². The Kier molecular flexibility index (Phi) is 8.18. The van der Waals surface area contributed by atoms with Crippen LogP contribution in [-0.4, -0.2) is 34.0 Å². The van der Waals surface area contributed by atoms with Crippen LogP contribution in [-0.2, 0) is 14.8 Å². The lowest BCUT2D eigenvalue weighted by Gasteiger charge is -2.24. The maximum Gasteiger partial charge on any atom is 0.264 e. The van der Waals surface area contributed by atoms with Crippen LogP contribution < -0.4 is 14.4 Å². The van der Waals surface area contributed by atoms with E-state index < -0.39 is 22.5 Å². The molecule has 0 radical (unpaired) electrons. The second-order valence-electron chi connectivity index (χ2n) is 7.10. The Morgan fingerprint density at radius 2 is 1.61 bits per heavy atom. The molecular weight excluding hydrogens is 490 g/mol. The summed E-state index contributed by atoms with van der Waals surface area (Å²) >= 11 is 12.1. The maximum absolute atomic E-state index is 13.3. The summed E-state index contributed by atoms with van der Waals surface area (Å²) in [6.45, 7) is 1.58. The van der Waals surface area contributed by atoms with Gasteiger partial charge in [0, 0.05) is 10.0 Å². The number of hydrogen-bond donors (Lipinski definition) is 1. The van der Waals surface area contributed by atoms with Crippen molar-refractivity contribution in [2.75, 3.05) is 24.0 Å². The summed E-state index contributed by atoms with van der Waals surface area (Å²) in [5, 5.41) is 3.08. The topological polar surface area (TPSA) is 75.7 Å². The van der Waals surface area contributed by atoms with Crippen LogP contribution in [0.3, 0.4) is 0 Å². The van der Waals surface area contributed by atoms with Gasteiger partial charge in [-0.2, -0.15) is 0 Å². The molecule has 0 bridgehead atoms. The molecule has 0 aliphatic heterocycles. The van der Waals surface area contributed by atoms with E-state index in [0.717, 1.165) is 9.87 Å². The molecule has 0 atom stereocenters. The standard InChI is InChI=1S/C23H21Cl2FN2O4S/c1-16-2-8-22(9-3-16)33(30,31)28(20-13-17(24)12-18(25)14-20)15-23(29)27-10-11-32-21-6-4-19(26)5-7-21/h2-9,12-14H,10-11,15H2,1H3,(H,27,29). The first-order chi connectivity index (χ1) is 15.6. The first-order valence-corrected chi connectivity index (χ1v) is 12.1. The molecule has 0 fully saturated rings. The monoisotopic (exact) mass is 510 g/mol. The Labute approximate surface area is 201 Å². The molecule has 0 aliphatic rings. The summed E-state index contributed by atoms with van der Waals surface area (Å²) in [7, 11) is -4.09. The third kappa shape index (κ3) is 6.83. The molecule has 0 aromatic heterocycles. The minimum absolute atomic E-state index is 0.0247. The number of ether oxygens (including phenoxy) is 1. The molecule has 3 rings (SSSR count). The van der Waals surface area contributed by atoms with Crippen molar-refractivity contribution in [3.05, 3.63) is 88.2 Å². The molecule has 0 unspecified atom stereocenters. The van der Waals surface area contributed by atoms with E-state index in [1.54, 1.807) is 12.1 Å². The smallest absolute Gasteiger partial charge is 0.264 e. The van der Waals surface area contributed by atoms with Gasteiger partial charge in [-0.1, -0.05) is 40.9 Å². The number of amides is 1. The zero-order valence-electron chi connectivity index (χ0n) is 17.6. The fourth-order valence-corrected chi connectivity index (χ4v) is 4.83. The van der Waals surface area contributed by atoms with Crippen molar-refractivity contribution in [2.24, 2.45) is 0 Å². The van der Waals surface area contributed by atoms with E-state index in [1.807, 2.05) is 6.92 Å². The Hall–Kier alpha value is -2.81. The lowest BCUT2D eigenvalue weighted by Crippen LogP contribution is -2.42. The van der Waals surface area contributed by atoms with E-state index in [4.69, 9.17) is 27.9 Å². The Morgan fingerprint density at radius 1 is 1.00 bits per heavy atom. The number of nitrogens with one attached hydrogen (secondary N) is 1. The number of rotatable bonds is 9. The summed E-state index contributed by atoms with van der Waals surface area (Å²) in [5.41, 5.74) is 1.05. The van der Waals surface area contributed by atoms with Gasteiger partial charge in [0.15, 0.2) is 0 Å². The summed E-state index contributed by atoms with van der Waals surface area (Å²) in [4.78, 5) is 12.6. The van der Waals surface area contributed by atoms with Gasteiger partial charge >= 0.3 is 0 Å². The Morgan fingerprint density at radius 3 is 2.21 bits per heavy atom. The molecule has 1 amide bonds. The largest absolute Gasteiger partial charge is 0.492 e. The minimum atomic E-state index is -4.09. The average molecular weight is 511 g/mol. The van der Waals surface area contributed by atoms with Crippen molar-refractivity contribution in [1.82, 2.24) is 5.32 Å². The van der Waals surface area contributed by atoms with Crippen molar-refractivity contribution >= 4 is 44.8 Å². The number of hydrogen-bond acceptors (Lipinski definition) is 4. The number of aryl methyl sites for hydroxylation is 1. The second kappa shape index (κ2) is 10.9. The molecule has 0 saturated carbocycles. The molecule has 3 aromatic carbocycles. The Bertz CT molecular complexity index is 1200. The van der Waals surface area contributed by atoms with Crippen molar-refractivity contribution < 1.29 is 22.3 Å². The van der Waals surface area contributed by atoms with Crippen LogP contribution in [0.25, 0.3) is 0 Å². The van der Waals surface area contributed by atoms with Crippen molar-refractivity contribution in [3.63, 3.8) is 0 Å². The number of halogens is 3. The number of carbonyl (C=O) groups is 1. The third-order valence-corrected chi connectivity index (χ3v) is 6.76. The van der Waals surface area contributed by atoms with Gasteiger partial charge < -0.3 is 10.1 Å². The van der Waals surface area contributed by atoms with E-state index in [2.05, 4.69) is 5.32 Å². The fraction of sp³-hybridized carbons (Fsp3) is 0.174. The number of carbonyl (C=O) groups excluding carboxylic acids is 1. The van der Waals surface area contributed by atoms with Gasteiger partial charge in [0.25, 0.3) is 10.0 Å². The third-order valence-electron chi connectivity index (χ3n) is 4.54. The zero-order valence-corrected chi connectivity index (χ0v) is 19.9. The number of sulfonamides is 1. The van der Waals surface area contributed by atoms with Gasteiger partial charge in [-0.25, -0.2) is 12.8 Å². The highest BCUT2D eigenvalue weighted by molar-refractivity contribution is 7.92. The number of anilines is 1. The van der Waals surface area contributed by atoms with Crippen LogP contribution >= 0.6 is 23.2 Å². The highest BCUT2D eigenvalue weighted by atomic mass is 35.5. The highest BCUT2D eigenvalue weighted by Gasteiger charge is 2.27. The molecule has 6 nitrogen and oxygen atoms in total. The van der Waals surface area contributed by atoms with Gasteiger partial charge in [-0.3, -0.25) is 9.10 Å². The van der Waals surface area contributed by atoms with Crippen LogP contribution in [0.4, 0.5) is 10.1 Å². The molecule has 3 aromatic rings. The zero-order chi connectivity index (χ0) is 24.0. The lowest BCUT2D eigenvalue weighted by molar-refractivity contribution is -0.119. The van der Waals surface area contributed by atoms with Gasteiger partial charge in [0.2, 0.25) is 5.91 Å². The summed E-state index contributed by atoms with van der Waals surface area (Å²) in [6, 6.07) is 16.0. The van der Waals surface area contributed by atoms with Crippen molar-refractivity contribution in [1.29, 1.82) is 0 Å². The normalized spacial score (nSPS) is 11.2. The summed E-state index contributed by atoms with van der Waals surface area (Å²) in [6.07, 6.45) is 0. The molecule has 0 aliphatic carbocycles. The number of benzene rings is 3. The van der Waals surface area contributed by atoms with E-state index in [0.29, 0.717) is 5.75 Å². The quantitative estimate of drug-likeness (QED) is 0.418. The van der Waals surface area contributed by atoms with Crippen LogP contribution in [0.5, 0.6) is 5.75 Å². The van der Waals surface area contributed by atoms with Crippen LogP contribution in [0.1, 0.15) is 5.56 Å². The van der Waals surface area contributed by atoms with Gasteiger partial charge in [0.05, 0.1) is 17.1 Å². The van der Waals surface area contributed by atoms with Crippen molar-refractivity contribution in [3.8, 4) is 5.75 Å². The molecule has 0 saturated heterocycles. The molecule has 0 heterocycles. The average Bonchev–Trinajstić information content (AvgIpc) is 2.76. The van der Waals surface area contributed by atoms with E-state index in [-0.39, 0.29) is 39.6 Å². The predicted molar refractivity (Wildman–Crippen MR) is 127 cm³/mol. The van der Waals surface area contributed by atoms with Crippen LogP contribution in [0, 0.1) is 12.7 Å². The first kappa shape index (κ1) is 24.8. The summed E-state index contributed by atoms with van der Waals surface area (Å²) in [5.74, 6) is -0.487. The van der Waals surface area contributed by atoms with Gasteiger partial charge in [-0.05, 0) is 61.5 Å². The molecule has 33 heavy (non-hydrogen) atoms. The molecule has 10 heteroatoms. The second-order valence-corrected chi connectivity index (χ2v) is 9.84. The van der Waals surface area contributed by atoms with E-state index >= 15 is 0 Å². The molecule has 1 N–H and O–H groups in total. The molecular formula is C23H21Cl2FN2O4S. The fourth-order valence-electron chi connectivity index (χ4n) is 2.91. The number of nitrogens with zero attached hydrogens (tertiary/aromatic N) is 1. The van der Waals surface area contributed by atoms with Crippen LogP contribution in [0.2, 0.25) is 10.0 Å². The van der Waals surface area contributed by atoms with Gasteiger partial charge in [-0.15, -0.1) is 0 Å².